The third kappa shape index (κ3) is 9.27. The lowest BCUT2D eigenvalue weighted by Gasteiger charge is -2.42. The summed E-state index contributed by atoms with van der Waals surface area (Å²) >= 11 is 0. The first-order chi connectivity index (χ1) is 29.4. The molecule has 0 fully saturated rings. The average Bonchev–Trinajstić information content (AvgIpc) is 3.13. The van der Waals surface area contributed by atoms with E-state index in [1.165, 1.54) is 5.32 Å². The summed E-state index contributed by atoms with van der Waals surface area (Å²) in [6, 6.07) is 1.26. The molecule has 0 bridgehead atoms. The molecule has 0 unspecified atom stereocenters. The van der Waals surface area contributed by atoms with Crippen molar-refractivity contribution in [1.29, 1.82) is 0 Å². The van der Waals surface area contributed by atoms with E-state index in [0.29, 0.717) is 12.1 Å². The highest BCUT2D eigenvalue weighted by Crippen LogP contribution is 2.66. The van der Waals surface area contributed by atoms with E-state index in [2.05, 4.69) is 9.47 Å². The topological polar surface area (TPSA) is 76.7 Å². The number of aryl methyl sites for hydroxylation is 1. The molecule has 1 aromatic rings. The van der Waals surface area contributed by atoms with Crippen LogP contribution in [0.15, 0.2) is 18.2 Å². The number of halogens is 34. The Morgan fingerprint density at radius 2 is 0.691 bits per heavy atom. The van der Waals surface area contributed by atoms with Crippen LogP contribution in [0.2, 0.25) is 0 Å². The number of rotatable bonds is 19. The largest absolute Gasteiger partial charge is 0.460 e. The third-order valence-corrected chi connectivity index (χ3v) is 8.33. The lowest BCUT2D eigenvalue weighted by Crippen LogP contribution is -2.74. The highest BCUT2D eigenvalue weighted by atomic mass is 19.4. The summed E-state index contributed by atoms with van der Waals surface area (Å²) in [6.45, 7) is -5.47. The first-order valence-corrected chi connectivity index (χ1v) is 15.8. The number of nitrogens with one attached hydrogen (secondary N) is 2. The van der Waals surface area contributed by atoms with Gasteiger partial charge in [0, 0.05) is 11.4 Å². The molecule has 0 saturated heterocycles. The van der Waals surface area contributed by atoms with E-state index < -0.39 is 144 Å². The molecule has 1 aromatic carbocycles. The maximum absolute atomic E-state index is 14.1. The number of benzene rings is 1. The van der Waals surface area contributed by atoms with Gasteiger partial charge in [-0.3, -0.25) is 10.6 Å². The Bertz CT molecular complexity index is 1990. The minimum atomic E-state index is -8.99. The number of anilines is 2. The van der Waals surface area contributed by atoms with Crippen molar-refractivity contribution >= 4 is 23.6 Å². The van der Waals surface area contributed by atoms with Crippen molar-refractivity contribution in [2.75, 3.05) is 23.8 Å². The van der Waals surface area contributed by atoms with Crippen molar-refractivity contribution in [2.45, 2.75) is 109 Å². The molecule has 1 rings (SSSR count). The third-order valence-electron chi connectivity index (χ3n) is 8.33. The van der Waals surface area contributed by atoms with Crippen LogP contribution in [0.1, 0.15) is 12.0 Å². The van der Waals surface area contributed by atoms with Crippen LogP contribution in [0.25, 0.3) is 0 Å². The van der Waals surface area contributed by atoms with Gasteiger partial charge < -0.3 is 9.47 Å². The predicted molar refractivity (Wildman–Crippen MR) is 147 cm³/mol. The standard InChI is InChI=1S/C28H14F34N2O4/c1-8-2-3-9(63-11(65)68-7-14(31,32)16(35,36)18(39,40)20(43,44)22(47,48)24(51,52)26(55,56)28(60,61)62)6-10(8)64-12(66)67-5-4-13(29,30)15(33,34)17(37,38)19(41,42)21(45,46)23(49,50)25(53,54)27(57,58)59/h2-3,6H,4-5,7H2,1H3,(H,63,65)(H,64,66). The first-order valence-electron chi connectivity index (χ1n) is 15.8. The number of hydrogen-bond acceptors (Lipinski definition) is 4. The molecule has 40 heteroatoms. The van der Waals surface area contributed by atoms with Crippen LogP contribution >= 0.6 is 0 Å². The molecule has 2 N–H and O–H groups in total. The highest BCUT2D eigenvalue weighted by Gasteiger charge is 2.97. The van der Waals surface area contributed by atoms with Crippen molar-refractivity contribution < 1.29 is 168 Å². The Labute approximate surface area is 349 Å². The van der Waals surface area contributed by atoms with E-state index in [1.807, 2.05) is 0 Å². The lowest BCUT2D eigenvalue weighted by molar-refractivity contribution is -0.462. The second-order valence-electron chi connectivity index (χ2n) is 13.0. The van der Waals surface area contributed by atoms with Gasteiger partial charge in [0.1, 0.15) is 0 Å². The van der Waals surface area contributed by atoms with Gasteiger partial charge in [0.25, 0.3) is 0 Å². The maximum atomic E-state index is 14.1. The summed E-state index contributed by atoms with van der Waals surface area (Å²) < 4.78 is 462. The minimum absolute atomic E-state index is 0.210. The summed E-state index contributed by atoms with van der Waals surface area (Å²) in [4.78, 5) is 23.8. The van der Waals surface area contributed by atoms with Crippen LogP contribution < -0.4 is 10.6 Å². The Morgan fingerprint density at radius 3 is 1.03 bits per heavy atom. The molecule has 0 spiro atoms. The Morgan fingerprint density at radius 1 is 0.397 bits per heavy atom. The van der Waals surface area contributed by atoms with Gasteiger partial charge in [-0.1, -0.05) is 6.07 Å². The highest BCUT2D eigenvalue weighted by molar-refractivity contribution is 5.89. The normalized spacial score (nSPS) is 15.6. The molecule has 0 aromatic heterocycles. The molecule has 398 valence electrons. The van der Waals surface area contributed by atoms with Crippen molar-refractivity contribution in [1.82, 2.24) is 0 Å². The van der Waals surface area contributed by atoms with Gasteiger partial charge in [-0.25, -0.2) is 9.59 Å². The average molecular weight is 1090 g/mol. The van der Waals surface area contributed by atoms with Crippen LogP contribution in [0, 0.1) is 6.92 Å². The monoisotopic (exact) mass is 1090 g/mol. The quantitative estimate of drug-likeness (QED) is 0.135. The van der Waals surface area contributed by atoms with Crippen LogP contribution in [0.5, 0.6) is 0 Å². The van der Waals surface area contributed by atoms with E-state index in [1.54, 1.807) is 0 Å². The smallest absolute Gasteiger partial charge is 0.449 e. The number of hydrogen-bond donors (Lipinski definition) is 2. The zero-order valence-corrected chi connectivity index (χ0v) is 30.8. The van der Waals surface area contributed by atoms with E-state index >= 15 is 0 Å². The molecule has 0 aliphatic rings. The Kier molecular flexibility index (Phi) is 15.7. The molecule has 0 heterocycles. The minimum Gasteiger partial charge on any atom is -0.449 e. The van der Waals surface area contributed by atoms with Crippen molar-refractivity contribution in [3.63, 3.8) is 0 Å². The molecule has 0 aliphatic carbocycles. The van der Waals surface area contributed by atoms with Crippen molar-refractivity contribution in [2.24, 2.45) is 0 Å². The summed E-state index contributed by atoms with van der Waals surface area (Å²) in [5.41, 5.74) is -2.54. The lowest BCUT2D eigenvalue weighted by atomic mass is 9.88. The molecule has 6 nitrogen and oxygen atoms in total. The molecular formula is C28H14F34N2O4. The summed E-state index contributed by atoms with van der Waals surface area (Å²) in [5, 5.41) is 2.42. The van der Waals surface area contributed by atoms with Crippen LogP contribution in [0.3, 0.4) is 0 Å². The van der Waals surface area contributed by atoms with Gasteiger partial charge in [0.05, 0.1) is 13.0 Å². The Hall–Kier alpha value is -4.62. The van der Waals surface area contributed by atoms with Gasteiger partial charge in [0.2, 0.25) is 0 Å². The molecular weight excluding hydrogens is 1070 g/mol. The van der Waals surface area contributed by atoms with Crippen LogP contribution in [-0.2, 0) is 9.47 Å². The molecule has 0 atom stereocenters. The van der Waals surface area contributed by atoms with Gasteiger partial charge >= 0.3 is 107 Å². The summed E-state index contributed by atoms with van der Waals surface area (Å²) in [7, 11) is 0. The number of carbonyl (C=O) groups excluding carboxylic acids is 2. The van der Waals surface area contributed by atoms with Crippen molar-refractivity contribution in [3.05, 3.63) is 23.8 Å². The fourth-order valence-corrected chi connectivity index (χ4v) is 4.20. The second kappa shape index (κ2) is 17.4. The van der Waals surface area contributed by atoms with Gasteiger partial charge in [-0.15, -0.1) is 0 Å². The number of ether oxygens (including phenoxy) is 2. The van der Waals surface area contributed by atoms with E-state index in [9.17, 15) is 159 Å². The van der Waals surface area contributed by atoms with Gasteiger partial charge in [-0.2, -0.15) is 149 Å². The zero-order chi connectivity index (χ0) is 55.0. The van der Waals surface area contributed by atoms with E-state index in [4.69, 9.17) is 0 Å². The van der Waals surface area contributed by atoms with E-state index in [-0.39, 0.29) is 6.07 Å². The molecule has 0 radical (unpaired) electrons. The first kappa shape index (κ1) is 61.4. The zero-order valence-electron chi connectivity index (χ0n) is 30.8. The Balaban J connectivity index is 3.22. The molecule has 0 aliphatic heterocycles. The van der Waals surface area contributed by atoms with Crippen LogP contribution in [0.4, 0.5) is 170 Å². The number of alkyl halides is 34. The number of amides is 2. The molecule has 0 saturated carbocycles. The SMILES string of the molecule is Cc1ccc(NC(=O)OCC(F)(F)C(F)(F)C(F)(F)C(F)(F)C(F)(F)C(F)(F)C(F)(F)C(F)(F)F)cc1NC(=O)OCCC(F)(F)C(F)(F)C(F)(F)C(F)(F)C(F)(F)C(F)(F)C(F)(F)C(F)(F)F. The fourth-order valence-electron chi connectivity index (χ4n) is 4.20. The second-order valence-corrected chi connectivity index (χ2v) is 13.0. The predicted octanol–water partition coefficient (Wildman–Crippen LogP) is 13.5. The summed E-state index contributed by atoms with van der Waals surface area (Å²) in [6.07, 6.45) is -24.4. The van der Waals surface area contributed by atoms with Crippen molar-refractivity contribution in [3.8, 4) is 0 Å². The molecule has 2 amide bonds. The number of carbonyl (C=O) groups is 2. The fraction of sp³-hybridized carbons (Fsp3) is 0.714. The van der Waals surface area contributed by atoms with Gasteiger partial charge in [-0.05, 0) is 24.6 Å². The van der Waals surface area contributed by atoms with Gasteiger partial charge in [0.15, 0.2) is 6.61 Å². The van der Waals surface area contributed by atoms with E-state index in [0.717, 1.165) is 12.2 Å². The summed E-state index contributed by atoms with van der Waals surface area (Å²) in [5.74, 6) is -119. The molecule has 68 heavy (non-hydrogen) atoms. The maximum Gasteiger partial charge on any atom is 0.460 e. The van der Waals surface area contributed by atoms with Crippen LogP contribution in [-0.4, -0.2) is 121 Å².